The third kappa shape index (κ3) is 4.26. The minimum Gasteiger partial charge on any atom is -0.491 e. The topological polar surface area (TPSA) is 52.3 Å². The summed E-state index contributed by atoms with van der Waals surface area (Å²) in [5, 5.41) is 0. The second-order valence-corrected chi connectivity index (χ2v) is 5.90. The van der Waals surface area contributed by atoms with Gasteiger partial charge in [0.2, 0.25) is 0 Å². The molecule has 2 aromatic rings. The predicted molar refractivity (Wildman–Crippen MR) is 78.6 cm³/mol. The van der Waals surface area contributed by atoms with Gasteiger partial charge in [-0.15, -0.1) is 0 Å². The van der Waals surface area contributed by atoms with Crippen LogP contribution in [0.3, 0.4) is 0 Å². The van der Waals surface area contributed by atoms with Crippen LogP contribution < -0.4 is 10.5 Å². The Balaban J connectivity index is 1.83. The van der Waals surface area contributed by atoms with E-state index in [1.54, 1.807) is 24.3 Å². The summed E-state index contributed by atoms with van der Waals surface area (Å²) in [7, 11) is -1.52. The molecule has 0 bridgehead atoms. The smallest absolute Gasteiger partial charge is 0.142 e. The molecule has 112 valence electrons. The van der Waals surface area contributed by atoms with Gasteiger partial charge in [0.1, 0.15) is 17.4 Å². The van der Waals surface area contributed by atoms with E-state index in [0.717, 1.165) is 12.1 Å². The van der Waals surface area contributed by atoms with Crippen LogP contribution in [-0.2, 0) is 10.8 Å². The molecule has 3 nitrogen and oxygen atoms in total. The fraction of sp³-hybridized carbons (Fsp3) is 0.200. The monoisotopic (exact) mass is 311 g/mol. The molecule has 0 aliphatic carbocycles. The zero-order valence-corrected chi connectivity index (χ0v) is 12.0. The highest BCUT2D eigenvalue weighted by atomic mass is 32.2. The zero-order chi connectivity index (χ0) is 15.2. The Morgan fingerprint density at radius 1 is 1.14 bits per heavy atom. The third-order valence-corrected chi connectivity index (χ3v) is 4.27. The van der Waals surface area contributed by atoms with Gasteiger partial charge in [-0.05, 0) is 30.7 Å². The lowest BCUT2D eigenvalue weighted by atomic mass is 10.3. The molecular weight excluding hydrogens is 296 g/mol. The average Bonchev–Trinajstić information content (AvgIpc) is 2.45. The lowest BCUT2D eigenvalue weighted by molar-refractivity contribution is 0.320. The van der Waals surface area contributed by atoms with Crippen LogP contribution in [0, 0.1) is 11.6 Å². The zero-order valence-electron chi connectivity index (χ0n) is 11.2. The van der Waals surface area contributed by atoms with Gasteiger partial charge < -0.3 is 10.5 Å². The van der Waals surface area contributed by atoms with Crippen LogP contribution in [-0.4, -0.2) is 16.6 Å². The fourth-order valence-corrected chi connectivity index (χ4v) is 2.85. The van der Waals surface area contributed by atoms with E-state index >= 15 is 0 Å². The van der Waals surface area contributed by atoms with Gasteiger partial charge in [0.05, 0.1) is 28.0 Å². The largest absolute Gasteiger partial charge is 0.491 e. The van der Waals surface area contributed by atoms with Gasteiger partial charge in [0, 0.05) is 11.8 Å². The van der Waals surface area contributed by atoms with Crippen LogP contribution in [0.1, 0.15) is 6.42 Å². The Kier molecular flexibility index (Phi) is 5.27. The maximum absolute atomic E-state index is 13.4. The van der Waals surface area contributed by atoms with E-state index in [4.69, 9.17) is 10.5 Å². The molecule has 0 saturated carbocycles. The van der Waals surface area contributed by atoms with Crippen molar-refractivity contribution in [1.29, 1.82) is 0 Å². The molecule has 0 spiro atoms. The maximum Gasteiger partial charge on any atom is 0.142 e. The number of nitrogen functional groups attached to an aromatic ring is 1. The van der Waals surface area contributed by atoms with Crippen LogP contribution in [0.5, 0.6) is 5.75 Å². The Morgan fingerprint density at radius 2 is 1.90 bits per heavy atom. The van der Waals surface area contributed by atoms with Crippen molar-refractivity contribution in [1.82, 2.24) is 0 Å². The molecule has 1 unspecified atom stereocenters. The van der Waals surface area contributed by atoms with Gasteiger partial charge in [-0.25, -0.2) is 8.78 Å². The lowest BCUT2D eigenvalue weighted by Gasteiger charge is -2.08. The van der Waals surface area contributed by atoms with Gasteiger partial charge in [-0.2, -0.15) is 0 Å². The standard InChI is InChI=1S/C15H15F2NO2S/c16-11-6-7-15(12(17)10-11)21(19)9-3-8-20-14-5-2-1-4-13(14)18/h1-2,4-7,10H,3,8-9,18H2. The summed E-state index contributed by atoms with van der Waals surface area (Å²) in [6, 6.07) is 10.1. The Morgan fingerprint density at radius 3 is 2.62 bits per heavy atom. The first-order valence-electron chi connectivity index (χ1n) is 6.38. The molecular formula is C15H15F2NO2S. The second-order valence-electron chi connectivity index (χ2n) is 4.36. The van der Waals surface area contributed by atoms with E-state index in [2.05, 4.69) is 0 Å². The van der Waals surface area contributed by atoms with Crippen molar-refractivity contribution in [3.63, 3.8) is 0 Å². The first-order valence-corrected chi connectivity index (χ1v) is 7.70. The van der Waals surface area contributed by atoms with E-state index in [1.165, 1.54) is 6.07 Å². The van der Waals surface area contributed by atoms with Crippen molar-refractivity contribution in [2.24, 2.45) is 0 Å². The summed E-state index contributed by atoms with van der Waals surface area (Å²) < 4.78 is 43.6. The number of hydrogen-bond donors (Lipinski definition) is 1. The van der Waals surface area contributed by atoms with Gasteiger partial charge in [-0.3, -0.25) is 4.21 Å². The summed E-state index contributed by atoms with van der Waals surface area (Å²) in [6.07, 6.45) is 0.470. The number of anilines is 1. The number of ether oxygens (including phenoxy) is 1. The van der Waals surface area contributed by atoms with Gasteiger partial charge in [-0.1, -0.05) is 12.1 Å². The maximum atomic E-state index is 13.4. The molecule has 0 amide bonds. The molecule has 0 radical (unpaired) electrons. The van der Waals surface area contributed by atoms with Crippen molar-refractivity contribution in [2.45, 2.75) is 11.3 Å². The third-order valence-electron chi connectivity index (χ3n) is 2.79. The van der Waals surface area contributed by atoms with E-state index < -0.39 is 22.4 Å². The van der Waals surface area contributed by atoms with Gasteiger partial charge in [0.25, 0.3) is 0 Å². The summed E-state index contributed by atoms with van der Waals surface area (Å²) >= 11 is 0. The fourth-order valence-electron chi connectivity index (χ4n) is 1.75. The summed E-state index contributed by atoms with van der Waals surface area (Å²) in [5.74, 6) is -0.677. The predicted octanol–water partition coefficient (Wildman–Crippen LogP) is 3.12. The normalized spacial score (nSPS) is 12.1. The molecule has 2 aromatic carbocycles. The van der Waals surface area contributed by atoms with E-state index in [9.17, 15) is 13.0 Å². The molecule has 0 aliphatic rings. The van der Waals surface area contributed by atoms with Crippen molar-refractivity contribution in [2.75, 3.05) is 18.1 Å². The van der Waals surface area contributed by atoms with Crippen LogP contribution >= 0.6 is 0 Å². The van der Waals surface area contributed by atoms with Crippen molar-refractivity contribution >= 4 is 16.5 Å². The molecule has 0 heterocycles. The number of rotatable bonds is 6. The van der Waals surface area contributed by atoms with Gasteiger partial charge >= 0.3 is 0 Å². The van der Waals surface area contributed by atoms with Gasteiger partial charge in [0.15, 0.2) is 0 Å². The van der Waals surface area contributed by atoms with Crippen molar-refractivity contribution < 1.29 is 17.7 Å². The van der Waals surface area contributed by atoms with E-state index in [0.29, 0.717) is 24.5 Å². The Hall–Kier alpha value is -1.95. The van der Waals surface area contributed by atoms with Crippen LogP contribution in [0.4, 0.5) is 14.5 Å². The van der Waals surface area contributed by atoms with Crippen molar-refractivity contribution in [3.8, 4) is 5.75 Å². The lowest BCUT2D eigenvalue weighted by Crippen LogP contribution is -2.07. The number of halogens is 2. The summed E-state index contributed by atoms with van der Waals surface area (Å²) in [6.45, 7) is 0.322. The number of benzene rings is 2. The Labute approximate surface area is 124 Å². The highest BCUT2D eigenvalue weighted by Gasteiger charge is 2.11. The highest BCUT2D eigenvalue weighted by Crippen LogP contribution is 2.20. The second kappa shape index (κ2) is 7.17. The molecule has 0 aliphatic heterocycles. The average molecular weight is 311 g/mol. The van der Waals surface area contributed by atoms with Crippen LogP contribution in [0.2, 0.25) is 0 Å². The van der Waals surface area contributed by atoms with Crippen LogP contribution in [0.25, 0.3) is 0 Å². The quantitative estimate of drug-likeness (QED) is 0.659. The first-order chi connectivity index (χ1) is 10.1. The molecule has 0 saturated heterocycles. The van der Waals surface area contributed by atoms with E-state index in [1.807, 2.05) is 0 Å². The molecule has 21 heavy (non-hydrogen) atoms. The molecule has 0 fully saturated rings. The molecule has 1 atom stereocenters. The van der Waals surface area contributed by atoms with Crippen molar-refractivity contribution in [3.05, 3.63) is 54.1 Å². The number of hydrogen-bond acceptors (Lipinski definition) is 3. The summed E-state index contributed by atoms with van der Waals surface area (Å²) in [5.41, 5.74) is 6.25. The van der Waals surface area contributed by atoms with Crippen LogP contribution in [0.15, 0.2) is 47.4 Å². The highest BCUT2D eigenvalue weighted by molar-refractivity contribution is 7.85. The number of para-hydroxylation sites is 2. The first kappa shape index (κ1) is 15.4. The number of nitrogens with two attached hydrogens (primary N) is 1. The molecule has 0 aromatic heterocycles. The Bertz CT molecular complexity index is 649. The van der Waals surface area contributed by atoms with E-state index in [-0.39, 0.29) is 10.6 Å². The molecule has 2 N–H and O–H groups in total. The minimum absolute atomic E-state index is 0.00984. The minimum atomic E-state index is -1.52. The molecule has 6 heteroatoms. The molecule has 2 rings (SSSR count). The SMILES string of the molecule is Nc1ccccc1OCCCS(=O)c1ccc(F)cc1F. The summed E-state index contributed by atoms with van der Waals surface area (Å²) in [4.78, 5) is 0.00984.